The van der Waals surface area contributed by atoms with E-state index >= 15 is 0 Å². The van der Waals surface area contributed by atoms with E-state index in [2.05, 4.69) is 17.0 Å². The average Bonchev–Trinajstić information content (AvgIpc) is 3.07. The van der Waals surface area contributed by atoms with Gasteiger partial charge in [0.15, 0.2) is 0 Å². The number of carbonyl (C=O) groups excluding carboxylic acids is 1. The molecule has 5 nitrogen and oxygen atoms in total. The monoisotopic (exact) mass is 488 g/mol. The molecule has 1 atom stereocenters. The van der Waals surface area contributed by atoms with Crippen molar-refractivity contribution in [3.05, 3.63) is 83.7 Å². The second-order valence-corrected chi connectivity index (χ2v) is 9.86. The molecule has 0 saturated carbocycles. The minimum absolute atomic E-state index is 0.241. The molecular formula is C30H33FN2O3. The lowest BCUT2D eigenvalue weighted by atomic mass is 9.94. The highest BCUT2D eigenvalue weighted by atomic mass is 19.1. The minimum atomic E-state index is -0.455. The van der Waals surface area contributed by atoms with Crippen molar-refractivity contribution >= 4 is 11.8 Å². The zero-order valence-corrected chi connectivity index (χ0v) is 21.0. The van der Waals surface area contributed by atoms with E-state index in [9.17, 15) is 9.18 Å². The van der Waals surface area contributed by atoms with Gasteiger partial charge in [-0.2, -0.15) is 0 Å². The fraction of sp³-hybridized carbons (Fsp3) is 0.367. The Hall–Kier alpha value is -3.38. The number of ether oxygens (including phenoxy) is 2. The van der Waals surface area contributed by atoms with Crippen LogP contribution in [0, 0.1) is 12.7 Å². The summed E-state index contributed by atoms with van der Waals surface area (Å²) in [4.78, 5) is 17.0. The molecule has 1 amide bonds. The largest absolute Gasteiger partial charge is 0.494 e. The number of nitrogens with zero attached hydrogens (tertiary/aromatic N) is 2. The highest BCUT2D eigenvalue weighted by Crippen LogP contribution is 2.37. The van der Waals surface area contributed by atoms with Crippen molar-refractivity contribution in [2.24, 2.45) is 0 Å². The lowest BCUT2D eigenvalue weighted by Crippen LogP contribution is -2.36. The van der Waals surface area contributed by atoms with Crippen LogP contribution < -0.4 is 9.64 Å². The predicted molar refractivity (Wildman–Crippen MR) is 140 cm³/mol. The summed E-state index contributed by atoms with van der Waals surface area (Å²) >= 11 is 0. The van der Waals surface area contributed by atoms with E-state index in [-0.39, 0.29) is 11.9 Å². The molecule has 2 saturated heterocycles. The van der Waals surface area contributed by atoms with Crippen LogP contribution in [0.25, 0.3) is 11.1 Å². The van der Waals surface area contributed by atoms with Gasteiger partial charge in [0.05, 0.1) is 13.2 Å². The van der Waals surface area contributed by atoms with Gasteiger partial charge in [0.2, 0.25) is 0 Å². The zero-order chi connectivity index (χ0) is 25.1. The van der Waals surface area contributed by atoms with Crippen molar-refractivity contribution in [2.75, 3.05) is 31.1 Å². The highest BCUT2D eigenvalue weighted by molar-refractivity contribution is 5.90. The average molecular weight is 489 g/mol. The van der Waals surface area contributed by atoms with Crippen molar-refractivity contribution in [3.63, 3.8) is 0 Å². The number of benzene rings is 3. The second-order valence-electron chi connectivity index (χ2n) is 9.86. The molecule has 0 N–H and O–H groups in total. The maximum Gasteiger partial charge on any atom is 0.415 e. The zero-order valence-electron chi connectivity index (χ0n) is 21.0. The Morgan fingerprint density at radius 3 is 2.53 bits per heavy atom. The molecule has 36 heavy (non-hydrogen) atoms. The summed E-state index contributed by atoms with van der Waals surface area (Å²) in [7, 11) is 0. The number of amides is 1. The molecule has 0 aromatic heterocycles. The van der Waals surface area contributed by atoms with Gasteiger partial charge in [-0.05, 0) is 86.3 Å². The standard InChI is InChI=1S/C30H33FN2O3/c1-3-35-27-13-14-28(23-7-9-25(31)10-8-23)24(19-27)20-32-17-4-15-30(16-18-32)21-33(29(34)36-30)26-11-5-22(2)6-12-26/h5-14,19H,3-4,15-18,20-21H2,1-2H3. The Bertz CT molecular complexity index is 1210. The Morgan fingerprint density at radius 2 is 1.78 bits per heavy atom. The molecule has 3 aromatic carbocycles. The van der Waals surface area contributed by atoms with E-state index in [0.29, 0.717) is 13.2 Å². The molecule has 1 spiro atoms. The van der Waals surface area contributed by atoms with Gasteiger partial charge >= 0.3 is 6.09 Å². The van der Waals surface area contributed by atoms with Crippen molar-refractivity contribution in [3.8, 4) is 16.9 Å². The molecule has 2 aliphatic rings. The van der Waals surface area contributed by atoms with Gasteiger partial charge in [-0.3, -0.25) is 9.80 Å². The molecule has 0 aliphatic carbocycles. The number of aryl methyl sites for hydroxylation is 1. The number of hydrogen-bond donors (Lipinski definition) is 0. The van der Waals surface area contributed by atoms with Gasteiger partial charge in [-0.15, -0.1) is 0 Å². The summed E-state index contributed by atoms with van der Waals surface area (Å²) in [5.74, 6) is 0.595. The Balaban J connectivity index is 1.32. The first-order valence-electron chi connectivity index (χ1n) is 12.8. The van der Waals surface area contributed by atoms with Gasteiger partial charge in [0.25, 0.3) is 0 Å². The molecule has 2 heterocycles. The SMILES string of the molecule is CCOc1ccc(-c2ccc(F)cc2)c(CN2CCCC3(CC2)CN(c2ccc(C)cc2)C(=O)O3)c1. The van der Waals surface area contributed by atoms with Gasteiger partial charge in [0.1, 0.15) is 17.2 Å². The van der Waals surface area contributed by atoms with Gasteiger partial charge < -0.3 is 9.47 Å². The van der Waals surface area contributed by atoms with Gasteiger partial charge in [0, 0.05) is 25.2 Å². The first kappa shape index (κ1) is 24.3. The molecular weight excluding hydrogens is 455 g/mol. The maximum absolute atomic E-state index is 13.5. The van der Waals surface area contributed by atoms with Crippen LogP contribution >= 0.6 is 0 Å². The molecule has 5 rings (SSSR count). The van der Waals surface area contributed by atoms with Crippen LogP contribution in [-0.4, -0.2) is 42.8 Å². The Kier molecular flexibility index (Phi) is 6.97. The quantitative estimate of drug-likeness (QED) is 0.393. The summed E-state index contributed by atoms with van der Waals surface area (Å²) < 4.78 is 25.3. The molecule has 0 radical (unpaired) electrons. The van der Waals surface area contributed by atoms with Gasteiger partial charge in [-0.25, -0.2) is 9.18 Å². The Morgan fingerprint density at radius 1 is 1.00 bits per heavy atom. The van der Waals surface area contributed by atoms with E-state index in [0.717, 1.165) is 67.0 Å². The molecule has 0 bridgehead atoms. The van der Waals surface area contributed by atoms with Crippen LogP contribution in [0.15, 0.2) is 66.7 Å². The fourth-order valence-electron chi connectivity index (χ4n) is 5.30. The number of halogens is 1. The summed E-state index contributed by atoms with van der Waals surface area (Å²) in [6.45, 7) is 7.71. The molecule has 2 fully saturated rings. The summed E-state index contributed by atoms with van der Waals surface area (Å²) in [6, 6.07) is 20.8. The molecule has 188 valence electrons. The van der Waals surface area contributed by atoms with Crippen LogP contribution in [0.4, 0.5) is 14.9 Å². The normalized spacial score (nSPS) is 20.4. The third-order valence-electron chi connectivity index (χ3n) is 7.24. The number of hydrogen-bond acceptors (Lipinski definition) is 4. The van der Waals surface area contributed by atoms with Crippen LogP contribution in [-0.2, 0) is 11.3 Å². The lowest BCUT2D eigenvalue weighted by molar-refractivity contribution is 0.0443. The minimum Gasteiger partial charge on any atom is -0.494 e. The Labute approximate surface area is 212 Å². The predicted octanol–water partition coefficient (Wildman–Crippen LogP) is 6.58. The third-order valence-corrected chi connectivity index (χ3v) is 7.24. The topological polar surface area (TPSA) is 42.0 Å². The van der Waals surface area contributed by atoms with Crippen molar-refractivity contribution in [2.45, 2.75) is 45.3 Å². The number of likely N-dealkylation sites (tertiary alicyclic amines) is 1. The molecule has 3 aromatic rings. The smallest absolute Gasteiger partial charge is 0.415 e. The first-order valence-corrected chi connectivity index (χ1v) is 12.8. The fourth-order valence-corrected chi connectivity index (χ4v) is 5.30. The van der Waals surface area contributed by atoms with Gasteiger partial charge in [-0.1, -0.05) is 35.9 Å². The number of anilines is 1. The van der Waals surface area contributed by atoms with E-state index in [1.165, 1.54) is 17.7 Å². The van der Waals surface area contributed by atoms with E-state index < -0.39 is 5.60 Å². The van der Waals surface area contributed by atoms with Crippen LogP contribution in [0.3, 0.4) is 0 Å². The third kappa shape index (κ3) is 5.24. The highest BCUT2D eigenvalue weighted by Gasteiger charge is 2.46. The van der Waals surface area contributed by atoms with Crippen LogP contribution in [0.1, 0.15) is 37.3 Å². The van der Waals surface area contributed by atoms with Crippen molar-refractivity contribution in [1.29, 1.82) is 0 Å². The number of carbonyl (C=O) groups is 1. The van der Waals surface area contributed by atoms with E-state index in [1.807, 2.05) is 56.3 Å². The summed E-state index contributed by atoms with van der Waals surface area (Å²) in [5, 5.41) is 0. The van der Waals surface area contributed by atoms with Crippen molar-refractivity contribution < 1.29 is 18.7 Å². The van der Waals surface area contributed by atoms with E-state index in [4.69, 9.17) is 9.47 Å². The number of rotatable bonds is 6. The molecule has 6 heteroatoms. The summed E-state index contributed by atoms with van der Waals surface area (Å²) in [6.07, 6.45) is 2.33. The summed E-state index contributed by atoms with van der Waals surface area (Å²) in [5.41, 5.74) is 4.81. The first-order chi connectivity index (χ1) is 17.4. The second kappa shape index (κ2) is 10.3. The van der Waals surface area contributed by atoms with Crippen LogP contribution in [0.2, 0.25) is 0 Å². The maximum atomic E-state index is 13.5. The molecule has 1 unspecified atom stereocenters. The van der Waals surface area contributed by atoms with Crippen molar-refractivity contribution in [1.82, 2.24) is 4.90 Å². The van der Waals surface area contributed by atoms with E-state index in [1.54, 1.807) is 4.90 Å². The van der Waals surface area contributed by atoms with Crippen LogP contribution in [0.5, 0.6) is 5.75 Å². The lowest BCUT2D eigenvalue weighted by Gasteiger charge is -2.26. The molecule has 2 aliphatic heterocycles.